The zero-order valence-electron chi connectivity index (χ0n) is 17.9. The summed E-state index contributed by atoms with van der Waals surface area (Å²) in [7, 11) is 0. The van der Waals surface area contributed by atoms with Gasteiger partial charge >= 0.3 is 0 Å². The van der Waals surface area contributed by atoms with Crippen molar-refractivity contribution in [2.75, 3.05) is 26.2 Å². The number of aliphatic hydroxyl groups excluding tert-OH is 1. The number of aryl methyl sites for hydroxylation is 2. The lowest BCUT2D eigenvalue weighted by Crippen LogP contribution is -2.38. The Balaban J connectivity index is 1.21. The lowest BCUT2D eigenvalue weighted by atomic mass is 9.90. The maximum Gasteiger partial charge on any atom is 0.170 e. The second-order valence-corrected chi connectivity index (χ2v) is 9.53. The van der Waals surface area contributed by atoms with Crippen molar-refractivity contribution in [3.63, 3.8) is 0 Å². The first-order valence-corrected chi connectivity index (χ1v) is 11.4. The van der Waals surface area contributed by atoms with Crippen molar-refractivity contribution in [3.8, 4) is 11.1 Å². The number of nitrogens with zero attached hydrogens (tertiary/aromatic N) is 2. The average molecular weight is 405 g/mol. The van der Waals surface area contributed by atoms with Gasteiger partial charge in [0.15, 0.2) is 5.58 Å². The van der Waals surface area contributed by atoms with Gasteiger partial charge in [-0.05, 0) is 81.6 Å². The van der Waals surface area contributed by atoms with E-state index in [1.807, 2.05) is 6.07 Å². The third-order valence-corrected chi connectivity index (χ3v) is 7.40. The maximum absolute atomic E-state index is 9.57. The molecular weight excluding hydrogens is 372 g/mol. The van der Waals surface area contributed by atoms with Gasteiger partial charge in [0.2, 0.25) is 0 Å². The third-order valence-electron chi connectivity index (χ3n) is 7.40. The van der Waals surface area contributed by atoms with E-state index in [1.54, 1.807) is 0 Å². The molecule has 0 spiro atoms. The van der Waals surface area contributed by atoms with Gasteiger partial charge in [-0.25, -0.2) is 0 Å². The second kappa shape index (κ2) is 8.16. The first-order chi connectivity index (χ1) is 14.7. The minimum Gasteiger partial charge on any atom is -0.396 e. The van der Waals surface area contributed by atoms with Gasteiger partial charge in [-0.3, -0.25) is 0 Å². The minimum absolute atomic E-state index is 0.239. The molecule has 2 heterocycles. The second-order valence-electron chi connectivity index (χ2n) is 9.53. The summed E-state index contributed by atoms with van der Waals surface area (Å²) >= 11 is 0. The van der Waals surface area contributed by atoms with Crippen LogP contribution in [-0.2, 0) is 6.42 Å². The van der Waals surface area contributed by atoms with Crippen LogP contribution in [0.1, 0.15) is 43.4 Å². The summed E-state index contributed by atoms with van der Waals surface area (Å²) in [5.74, 6) is 0.766. The van der Waals surface area contributed by atoms with E-state index in [9.17, 15) is 5.11 Å². The number of aromatic nitrogens is 1. The van der Waals surface area contributed by atoms with Crippen LogP contribution in [-0.4, -0.2) is 41.4 Å². The highest BCUT2D eigenvalue weighted by atomic mass is 16.5. The predicted molar refractivity (Wildman–Crippen MR) is 120 cm³/mol. The maximum atomic E-state index is 9.57. The summed E-state index contributed by atoms with van der Waals surface area (Å²) in [6.45, 7) is 5.93. The van der Waals surface area contributed by atoms with E-state index in [2.05, 4.69) is 53.4 Å². The topological polar surface area (TPSA) is 49.5 Å². The fourth-order valence-corrected chi connectivity index (χ4v) is 5.09. The molecule has 1 N–H and O–H groups in total. The summed E-state index contributed by atoms with van der Waals surface area (Å²) in [5.41, 5.74) is 5.88. The molecule has 30 heavy (non-hydrogen) atoms. The van der Waals surface area contributed by atoms with Gasteiger partial charge in [-0.15, -0.1) is 0 Å². The monoisotopic (exact) mass is 404 g/mol. The van der Waals surface area contributed by atoms with E-state index in [-0.39, 0.29) is 5.41 Å². The third kappa shape index (κ3) is 3.91. The molecule has 1 saturated carbocycles. The van der Waals surface area contributed by atoms with Crippen molar-refractivity contribution in [2.45, 2.75) is 45.4 Å². The normalized spacial score (nSPS) is 19.4. The van der Waals surface area contributed by atoms with Crippen LogP contribution in [0.2, 0.25) is 0 Å². The Morgan fingerprint density at radius 1 is 1.10 bits per heavy atom. The van der Waals surface area contributed by atoms with Crippen LogP contribution < -0.4 is 0 Å². The van der Waals surface area contributed by atoms with Gasteiger partial charge in [0.05, 0.1) is 5.69 Å². The molecule has 1 aliphatic heterocycles. The lowest BCUT2D eigenvalue weighted by molar-refractivity contribution is 0.115. The molecule has 0 bridgehead atoms. The number of fused-ring (bicyclic) bond motifs is 1. The molecule has 158 valence electrons. The highest BCUT2D eigenvalue weighted by Crippen LogP contribution is 2.46. The first kappa shape index (κ1) is 19.8. The SMILES string of the molecule is Cc1c(-c2ccccc2)ccc2c(CCC3CCN(CC4(CO)CC4)CC3)noc12. The summed E-state index contributed by atoms with van der Waals surface area (Å²) in [5, 5.41) is 15.2. The zero-order chi connectivity index (χ0) is 20.6. The van der Waals surface area contributed by atoms with Crippen molar-refractivity contribution in [1.29, 1.82) is 0 Å². The van der Waals surface area contributed by atoms with E-state index in [0.717, 1.165) is 30.2 Å². The van der Waals surface area contributed by atoms with Crippen LogP contribution in [0, 0.1) is 18.3 Å². The molecule has 2 aliphatic rings. The van der Waals surface area contributed by atoms with Crippen LogP contribution in [0.25, 0.3) is 22.1 Å². The fourth-order valence-electron chi connectivity index (χ4n) is 5.09. The highest BCUT2D eigenvalue weighted by molar-refractivity contribution is 5.88. The summed E-state index contributed by atoms with van der Waals surface area (Å²) in [4.78, 5) is 2.57. The quantitative estimate of drug-likeness (QED) is 0.586. The van der Waals surface area contributed by atoms with Gasteiger partial charge in [0, 0.05) is 29.5 Å². The fraction of sp³-hybridized carbons (Fsp3) is 0.500. The van der Waals surface area contributed by atoms with Crippen molar-refractivity contribution in [1.82, 2.24) is 10.1 Å². The minimum atomic E-state index is 0.239. The molecule has 2 aromatic carbocycles. The predicted octanol–water partition coefficient (Wildman–Crippen LogP) is 5.22. The van der Waals surface area contributed by atoms with Crippen molar-refractivity contribution >= 4 is 11.0 Å². The number of likely N-dealkylation sites (tertiary alicyclic amines) is 1. The number of aliphatic hydroxyl groups is 1. The number of piperidine rings is 1. The van der Waals surface area contributed by atoms with Crippen molar-refractivity contribution in [3.05, 3.63) is 53.7 Å². The Morgan fingerprint density at radius 2 is 1.87 bits per heavy atom. The van der Waals surface area contributed by atoms with E-state index in [4.69, 9.17) is 4.52 Å². The Kier molecular flexibility index (Phi) is 5.38. The molecule has 4 heteroatoms. The zero-order valence-corrected chi connectivity index (χ0v) is 17.9. The van der Waals surface area contributed by atoms with Crippen LogP contribution >= 0.6 is 0 Å². The molecule has 0 amide bonds. The van der Waals surface area contributed by atoms with Gasteiger partial charge in [0.25, 0.3) is 0 Å². The van der Waals surface area contributed by atoms with E-state index in [1.165, 1.54) is 67.3 Å². The average Bonchev–Trinajstić information content (AvgIpc) is 3.44. The molecule has 5 rings (SSSR count). The largest absolute Gasteiger partial charge is 0.396 e. The molecule has 4 nitrogen and oxygen atoms in total. The Hall–Kier alpha value is -2.17. The molecule has 0 radical (unpaired) electrons. The van der Waals surface area contributed by atoms with Gasteiger partial charge in [-0.1, -0.05) is 41.6 Å². The molecular formula is C26H32N2O2. The molecule has 1 aromatic heterocycles. The first-order valence-electron chi connectivity index (χ1n) is 11.4. The number of hydrogen-bond donors (Lipinski definition) is 1. The lowest BCUT2D eigenvalue weighted by Gasteiger charge is -2.34. The standard InChI is InChI=1S/C26H32N2O2/c1-19-22(21-5-3-2-4-6-21)8-9-23-24(27-30-25(19)23)10-7-20-11-15-28(16-12-20)17-26(18-29)13-14-26/h2-6,8-9,20,29H,7,10-18H2,1H3. The molecule has 3 aromatic rings. The van der Waals surface area contributed by atoms with Gasteiger partial charge < -0.3 is 14.5 Å². The smallest absolute Gasteiger partial charge is 0.170 e. The van der Waals surface area contributed by atoms with Crippen LogP contribution in [0.4, 0.5) is 0 Å². The van der Waals surface area contributed by atoms with Gasteiger partial charge in [0.1, 0.15) is 0 Å². The Labute approximate surface area is 178 Å². The number of hydrogen-bond acceptors (Lipinski definition) is 4. The molecule has 0 unspecified atom stereocenters. The van der Waals surface area contributed by atoms with Crippen LogP contribution in [0.5, 0.6) is 0 Å². The van der Waals surface area contributed by atoms with E-state index >= 15 is 0 Å². The van der Waals surface area contributed by atoms with E-state index in [0.29, 0.717) is 6.61 Å². The summed E-state index contributed by atoms with van der Waals surface area (Å²) in [6.07, 6.45) is 7.09. The van der Waals surface area contributed by atoms with Gasteiger partial charge in [-0.2, -0.15) is 0 Å². The highest BCUT2D eigenvalue weighted by Gasteiger charge is 2.43. The van der Waals surface area contributed by atoms with Crippen molar-refractivity contribution < 1.29 is 9.63 Å². The number of benzene rings is 2. The van der Waals surface area contributed by atoms with Crippen LogP contribution in [0.15, 0.2) is 47.0 Å². The van der Waals surface area contributed by atoms with E-state index < -0.39 is 0 Å². The molecule has 0 atom stereocenters. The Bertz CT molecular complexity index is 999. The molecule has 2 fully saturated rings. The summed E-state index contributed by atoms with van der Waals surface area (Å²) in [6, 6.07) is 14.9. The van der Waals surface area contributed by atoms with Crippen LogP contribution in [0.3, 0.4) is 0 Å². The Morgan fingerprint density at radius 3 is 2.57 bits per heavy atom. The van der Waals surface area contributed by atoms with Crippen molar-refractivity contribution in [2.24, 2.45) is 11.3 Å². The molecule has 1 saturated heterocycles. The number of rotatable bonds is 7. The molecule has 1 aliphatic carbocycles. The summed E-state index contributed by atoms with van der Waals surface area (Å²) < 4.78 is 5.79.